The molecule has 0 saturated heterocycles. The van der Waals surface area contributed by atoms with Gasteiger partial charge in [-0.05, 0) is 104 Å². The minimum Gasteiger partial charge on any atom is -0.462 e. The van der Waals surface area contributed by atoms with Gasteiger partial charge in [0.1, 0.15) is 6.10 Å². The van der Waals surface area contributed by atoms with Crippen LogP contribution in [0.2, 0.25) is 0 Å². The van der Waals surface area contributed by atoms with Gasteiger partial charge in [-0.1, -0.05) is 71.3 Å². The fraction of sp³-hybridized carbons (Fsp3) is 0.848. The molecule has 3 heteroatoms. The van der Waals surface area contributed by atoms with Crippen LogP contribution in [0.5, 0.6) is 0 Å². The first-order chi connectivity index (χ1) is 16.7. The summed E-state index contributed by atoms with van der Waals surface area (Å²) in [4.78, 5) is 12.0. The summed E-state index contributed by atoms with van der Waals surface area (Å²) >= 11 is 0. The predicted molar refractivity (Wildman–Crippen MR) is 148 cm³/mol. The molecule has 2 unspecified atom stereocenters. The molecule has 0 spiro atoms. The molecule has 0 radical (unpaired) electrons. The number of ether oxygens (including phenoxy) is 1. The molecule has 3 nitrogen and oxygen atoms in total. The largest absolute Gasteiger partial charge is 0.462 e. The van der Waals surface area contributed by atoms with Gasteiger partial charge in [0, 0.05) is 13.3 Å². The Morgan fingerprint density at radius 3 is 2.36 bits per heavy atom. The van der Waals surface area contributed by atoms with E-state index in [2.05, 4.69) is 54.5 Å². The van der Waals surface area contributed by atoms with Crippen LogP contribution in [0.25, 0.3) is 0 Å². The number of esters is 1. The number of carbonyl (C=O) groups excluding carboxylic acids is 1. The molecular weight excluding hydrogens is 444 g/mol. The summed E-state index contributed by atoms with van der Waals surface area (Å²) in [7, 11) is 0. The fourth-order valence-corrected chi connectivity index (χ4v) is 9.97. The van der Waals surface area contributed by atoms with Crippen molar-refractivity contribution in [1.29, 1.82) is 0 Å². The molecule has 2 saturated carbocycles. The van der Waals surface area contributed by atoms with Crippen molar-refractivity contribution in [2.45, 2.75) is 126 Å². The maximum atomic E-state index is 12.0. The molecule has 1 N–H and O–H groups in total. The maximum absolute atomic E-state index is 12.0. The summed E-state index contributed by atoms with van der Waals surface area (Å²) in [5, 5.41) is 9.49. The Morgan fingerprint density at radius 1 is 1.03 bits per heavy atom. The molecule has 0 aromatic carbocycles. The molecule has 36 heavy (non-hydrogen) atoms. The van der Waals surface area contributed by atoms with Crippen molar-refractivity contribution >= 4 is 5.97 Å². The summed E-state index contributed by atoms with van der Waals surface area (Å²) in [5.74, 6) is 2.25. The van der Waals surface area contributed by atoms with Gasteiger partial charge in [-0.25, -0.2) is 0 Å². The lowest BCUT2D eigenvalue weighted by molar-refractivity contribution is -0.151. The molecule has 4 rings (SSSR count). The zero-order valence-electron chi connectivity index (χ0n) is 24.8. The van der Waals surface area contributed by atoms with Gasteiger partial charge in [-0.2, -0.15) is 0 Å². The van der Waals surface area contributed by atoms with E-state index in [1.807, 2.05) is 18.1 Å². The highest BCUT2D eigenvalue weighted by Crippen LogP contribution is 2.72. The van der Waals surface area contributed by atoms with E-state index in [0.29, 0.717) is 29.1 Å². The second-order valence-corrected chi connectivity index (χ2v) is 14.6. The average Bonchev–Trinajstić information content (AvgIpc) is 3.09. The SMILES string of the molecule is CC(=O)OC(C/C=C(\C)CO)[C@@H](C)[C@H]1CC[C@@]2(C)C3=C(CC[C@]12C)[C@@]1(C)CC[C@H](C)C(C)(C)C1CC3. The fourth-order valence-electron chi connectivity index (χ4n) is 9.97. The van der Waals surface area contributed by atoms with Crippen molar-refractivity contribution in [1.82, 2.24) is 0 Å². The van der Waals surface area contributed by atoms with Crippen LogP contribution in [0, 0.1) is 45.3 Å². The van der Waals surface area contributed by atoms with Crippen LogP contribution >= 0.6 is 0 Å². The van der Waals surface area contributed by atoms with E-state index >= 15 is 0 Å². The van der Waals surface area contributed by atoms with Gasteiger partial charge >= 0.3 is 5.97 Å². The van der Waals surface area contributed by atoms with Crippen LogP contribution in [-0.2, 0) is 9.53 Å². The van der Waals surface area contributed by atoms with Gasteiger partial charge in [0.15, 0.2) is 0 Å². The third kappa shape index (κ3) is 4.15. The molecule has 0 aliphatic heterocycles. The maximum Gasteiger partial charge on any atom is 0.302 e. The molecule has 204 valence electrons. The van der Waals surface area contributed by atoms with Crippen molar-refractivity contribution in [2.24, 2.45) is 45.3 Å². The molecule has 0 heterocycles. The molecule has 0 aromatic rings. The van der Waals surface area contributed by atoms with Crippen LogP contribution in [-0.4, -0.2) is 23.8 Å². The number of hydrogen-bond acceptors (Lipinski definition) is 3. The van der Waals surface area contributed by atoms with Crippen molar-refractivity contribution in [3.8, 4) is 0 Å². The lowest BCUT2D eigenvalue weighted by atomic mass is 9.42. The molecule has 8 atom stereocenters. The second-order valence-electron chi connectivity index (χ2n) is 14.6. The van der Waals surface area contributed by atoms with Crippen molar-refractivity contribution in [3.63, 3.8) is 0 Å². The van der Waals surface area contributed by atoms with E-state index in [0.717, 1.165) is 17.4 Å². The van der Waals surface area contributed by atoms with Gasteiger partial charge in [0.25, 0.3) is 0 Å². The minimum absolute atomic E-state index is 0.0622. The lowest BCUT2D eigenvalue weighted by Crippen LogP contribution is -2.53. The number of aliphatic hydroxyl groups excluding tert-OH is 1. The van der Waals surface area contributed by atoms with Crippen LogP contribution in [0.4, 0.5) is 0 Å². The van der Waals surface area contributed by atoms with Crippen molar-refractivity contribution in [2.75, 3.05) is 6.61 Å². The Morgan fingerprint density at radius 2 is 1.72 bits per heavy atom. The van der Waals surface area contributed by atoms with Gasteiger partial charge in [0.05, 0.1) is 6.61 Å². The zero-order valence-corrected chi connectivity index (χ0v) is 24.8. The van der Waals surface area contributed by atoms with Crippen LogP contribution in [0.1, 0.15) is 120 Å². The molecule has 0 bridgehead atoms. The number of aliphatic hydroxyl groups is 1. The summed E-state index contributed by atoms with van der Waals surface area (Å²) in [6, 6.07) is 0. The summed E-state index contributed by atoms with van der Waals surface area (Å²) in [5.41, 5.74) is 5.89. The molecule has 0 amide bonds. The molecule has 2 fully saturated rings. The van der Waals surface area contributed by atoms with E-state index in [4.69, 9.17) is 4.74 Å². The van der Waals surface area contributed by atoms with E-state index in [9.17, 15) is 9.90 Å². The lowest BCUT2D eigenvalue weighted by Gasteiger charge is -2.62. The quantitative estimate of drug-likeness (QED) is 0.296. The Bertz CT molecular complexity index is 927. The summed E-state index contributed by atoms with van der Waals surface area (Å²) < 4.78 is 5.93. The number of carbonyl (C=O) groups is 1. The third-order valence-electron chi connectivity index (χ3n) is 12.9. The normalized spacial score (nSPS) is 41.7. The molecule has 0 aromatic heterocycles. The van der Waals surface area contributed by atoms with Crippen LogP contribution < -0.4 is 0 Å². The van der Waals surface area contributed by atoms with Crippen LogP contribution in [0.3, 0.4) is 0 Å². The van der Waals surface area contributed by atoms with E-state index in [1.165, 1.54) is 58.3 Å². The van der Waals surface area contributed by atoms with Crippen molar-refractivity contribution in [3.05, 3.63) is 22.8 Å². The molecule has 4 aliphatic rings. The average molecular weight is 499 g/mol. The first-order valence-electron chi connectivity index (χ1n) is 14.9. The first-order valence-corrected chi connectivity index (χ1v) is 14.9. The molecular formula is C33H54O3. The van der Waals surface area contributed by atoms with Gasteiger partial charge in [-0.3, -0.25) is 4.79 Å². The Hall–Kier alpha value is -1.09. The van der Waals surface area contributed by atoms with Crippen molar-refractivity contribution < 1.29 is 14.6 Å². The van der Waals surface area contributed by atoms with Gasteiger partial charge in [-0.15, -0.1) is 0 Å². The van der Waals surface area contributed by atoms with Gasteiger partial charge in [0.2, 0.25) is 0 Å². The minimum atomic E-state index is -0.193. The molecule has 4 aliphatic carbocycles. The van der Waals surface area contributed by atoms with E-state index in [-0.39, 0.29) is 29.5 Å². The second kappa shape index (κ2) is 9.58. The third-order valence-corrected chi connectivity index (χ3v) is 12.9. The Kier molecular flexibility index (Phi) is 7.43. The highest BCUT2D eigenvalue weighted by Gasteiger charge is 2.63. The number of rotatable bonds is 6. The standard InChI is InChI=1S/C33H54O3/c1-21(20-34)10-12-28(36-24(4)35)23(3)25-15-18-33(9)27-11-13-29-30(5,6)22(2)14-17-31(29,7)26(27)16-19-32(25,33)8/h10,22-23,25,28-29,34H,11-20H2,1-9H3/b21-10+/t22-,23-,25+,28?,29?,31+,32+,33-/m0/s1. The Balaban J connectivity index is 1.66. The predicted octanol–water partition coefficient (Wildman–Crippen LogP) is 8.27. The number of hydrogen-bond donors (Lipinski definition) is 1. The smallest absolute Gasteiger partial charge is 0.302 e. The summed E-state index contributed by atoms with van der Waals surface area (Å²) in [6.07, 6.45) is 13.0. The Labute approximate surface area is 221 Å². The monoisotopic (exact) mass is 498 g/mol. The first kappa shape index (κ1) is 27.9. The van der Waals surface area contributed by atoms with Crippen LogP contribution in [0.15, 0.2) is 22.8 Å². The summed E-state index contributed by atoms with van der Waals surface area (Å²) in [6.45, 7) is 21.3. The zero-order chi connectivity index (χ0) is 26.7. The number of fused-ring (bicyclic) bond motifs is 4. The van der Waals surface area contributed by atoms with Gasteiger partial charge < -0.3 is 9.84 Å². The van der Waals surface area contributed by atoms with E-state index in [1.54, 1.807) is 0 Å². The van der Waals surface area contributed by atoms with E-state index < -0.39 is 0 Å². The highest BCUT2D eigenvalue weighted by molar-refractivity contribution is 5.66. The number of allylic oxidation sites excluding steroid dienone is 2. The highest BCUT2D eigenvalue weighted by atomic mass is 16.5. The topological polar surface area (TPSA) is 46.5 Å².